The minimum absolute atomic E-state index is 0.0194. The molecule has 0 spiro atoms. The zero-order valence-corrected chi connectivity index (χ0v) is 18.1. The van der Waals surface area contributed by atoms with E-state index in [0.29, 0.717) is 30.2 Å². The van der Waals surface area contributed by atoms with E-state index in [1.54, 1.807) is 26.4 Å². The predicted molar refractivity (Wildman–Crippen MR) is 118 cm³/mol. The number of aryl methyl sites for hydroxylation is 1. The average Bonchev–Trinajstić information content (AvgIpc) is 3.17. The molecule has 0 saturated heterocycles. The molecule has 1 aliphatic heterocycles. The molecule has 2 aliphatic rings. The van der Waals surface area contributed by atoms with E-state index in [-0.39, 0.29) is 23.4 Å². The first kappa shape index (κ1) is 20.2. The lowest BCUT2D eigenvalue weighted by molar-refractivity contribution is -0.116. The topological polar surface area (TPSA) is 93.8 Å². The summed E-state index contributed by atoms with van der Waals surface area (Å²) < 4.78 is 16.5. The first-order valence-corrected chi connectivity index (χ1v) is 10.5. The second-order valence-corrected chi connectivity index (χ2v) is 8.20. The SMILES string of the molecule is COc1ccc([C@H]2C3=C(C[C@@H](c4ccc(O)cc4)CC3=O)Nc3onc(C)c32)cc1OC. The van der Waals surface area contributed by atoms with Gasteiger partial charge in [-0.05, 0) is 54.7 Å². The van der Waals surface area contributed by atoms with Gasteiger partial charge in [-0.25, -0.2) is 0 Å². The molecular weight excluding hydrogens is 408 g/mol. The van der Waals surface area contributed by atoms with Crippen molar-refractivity contribution < 1.29 is 23.9 Å². The van der Waals surface area contributed by atoms with Gasteiger partial charge in [0.05, 0.1) is 25.5 Å². The fourth-order valence-corrected chi connectivity index (χ4v) is 4.82. The minimum atomic E-state index is -0.305. The Bertz CT molecular complexity index is 1230. The highest BCUT2D eigenvalue weighted by Crippen LogP contribution is 2.50. The Balaban J connectivity index is 1.62. The van der Waals surface area contributed by atoms with Crippen LogP contribution in [0.4, 0.5) is 5.88 Å². The highest BCUT2D eigenvalue weighted by atomic mass is 16.5. The molecule has 2 heterocycles. The lowest BCUT2D eigenvalue weighted by atomic mass is 9.72. The largest absolute Gasteiger partial charge is 0.508 e. The number of ether oxygens (including phenoxy) is 2. The van der Waals surface area contributed by atoms with Crippen LogP contribution in [-0.4, -0.2) is 30.3 Å². The summed E-state index contributed by atoms with van der Waals surface area (Å²) in [5, 5.41) is 17.1. The summed E-state index contributed by atoms with van der Waals surface area (Å²) in [5.74, 6) is 1.81. The maximum Gasteiger partial charge on any atom is 0.233 e. The van der Waals surface area contributed by atoms with Crippen LogP contribution in [0.25, 0.3) is 0 Å². The first-order chi connectivity index (χ1) is 15.5. The molecule has 164 valence electrons. The summed E-state index contributed by atoms with van der Waals surface area (Å²) >= 11 is 0. The molecular formula is C25H24N2O5. The molecule has 0 amide bonds. The number of anilines is 1. The van der Waals surface area contributed by atoms with Crippen molar-refractivity contribution in [2.45, 2.75) is 31.6 Å². The summed E-state index contributed by atoms with van der Waals surface area (Å²) in [6.45, 7) is 1.88. The van der Waals surface area contributed by atoms with Gasteiger partial charge >= 0.3 is 0 Å². The number of aromatic nitrogens is 1. The van der Waals surface area contributed by atoms with E-state index in [4.69, 9.17) is 14.0 Å². The van der Waals surface area contributed by atoms with Crippen LogP contribution in [0.2, 0.25) is 0 Å². The Morgan fingerprint density at radius 3 is 2.47 bits per heavy atom. The van der Waals surface area contributed by atoms with Crippen molar-refractivity contribution in [1.29, 1.82) is 0 Å². The fourth-order valence-electron chi connectivity index (χ4n) is 4.82. The molecule has 0 bridgehead atoms. The second kappa shape index (κ2) is 7.75. The zero-order valence-electron chi connectivity index (χ0n) is 18.1. The molecule has 0 radical (unpaired) electrons. The van der Waals surface area contributed by atoms with Gasteiger partial charge < -0.3 is 24.4 Å². The van der Waals surface area contributed by atoms with Gasteiger partial charge in [0.25, 0.3) is 0 Å². The number of allylic oxidation sites excluding steroid dienone is 2. The Morgan fingerprint density at radius 1 is 1.03 bits per heavy atom. The summed E-state index contributed by atoms with van der Waals surface area (Å²) in [6, 6.07) is 12.8. The molecule has 0 fully saturated rings. The monoisotopic (exact) mass is 432 g/mol. The minimum Gasteiger partial charge on any atom is -0.508 e. The molecule has 7 nitrogen and oxygen atoms in total. The first-order valence-electron chi connectivity index (χ1n) is 10.5. The lowest BCUT2D eigenvalue weighted by Crippen LogP contribution is -2.29. The number of methoxy groups -OCH3 is 2. The molecule has 1 aromatic heterocycles. The molecule has 7 heteroatoms. The third-order valence-electron chi connectivity index (χ3n) is 6.36. The van der Waals surface area contributed by atoms with Gasteiger partial charge in [-0.3, -0.25) is 4.79 Å². The molecule has 2 aromatic carbocycles. The maximum atomic E-state index is 13.5. The van der Waals surface area contributed by atoms with Crippen molar-refractivity contribution in [2.75, 3.05) is 19.5 Å². The molecule has 32 heavy (non-hydrogen) atoms. The van der Waals surface area contributed by atoms with E-state index in [2.05, 4.69) is 10.5 Å². The summed E-state index contributed by atoms with van der Waals surface area (Å²) in [6.07, 6.45) is 1.06. The average molecular weight is 432 g/mol. The summed E-state index contributed by atoms with van der Waals surface area (Å²) in [5.41, 5.74) is 5.14. The number of fused-ring (bicyclic) bond motifs is 1. The number of ketones is 1. The van der Waals surface area contributed by atoms with Crippen molar-refractivity contribution in [3.05, 3.63) is 76.1 Å². The smallest absolute Gasteiger partial charge is 0.233 e. The number of phenolic OH excluding ortho intramolecular Hbond substituents is 1. The number of benzene rings is 2. The third-order valence-corrected chi connectivity index (χ3v) is 6.36. The Morgan fingerprint density at radius 2 is 1.75 bits per heavy atom. The van der Waals surface area contributed by atoms with Crippen LogP contribution in [0.3, 0.4) is 0 Å². The predicted octanol–water partition coefficient (Wildman–Crippen LogP) is 4.66. The van der Waals surface area contributed by atoms with Gasteiger partial charge in [0.15, 0.2) is 17.3 Å². The molecule has 5 rings (SSSR count). The summed E-state index contributed by atoms with van der Waals surface area (Å²) in [4.78, 5) is 13.5. The van der Waals surface area contributed by atoms with Gasteiger partial charge in [-0.15, -0.1) is 0 Å². The van der Waals surface area contributed by atoms with Crippen LogP contribution in [-0.2, 0) is 4.79 Å². The number of carbonyl (C=O) groups is 1. The number of aromatic hydroxyl groups is 1. The molecule has 2 atom stereocenters. The lowest BCUT2D eigenvalue weighted by Gasteiger charge is -2.34. The standard InChI is InChI=1S/C25H24N2O5/c1-13-22-23(15-6-9-20(30-2)21(12-15)31-3)24-18(26-25(22)32-27-13)10-16(11-19(24)29)14-4-7-17(28)8-5-14/h4-9,12,16,23,26,28H,10-11H2,1-3H3/t16-,23-/m1/s1. The number of phenols is 1. The van der Waals surface area contributed by atoms with Crippen molar-refractivity contribution in [1.82, 2.24) is 5.16 Å². The third kappa shape index (κ3) is 3.21. The Kier molecular flexibility index (Phi) is 4.89. The van der Waals surface area contributed by atoms with Gasteiger partial charge in [0.2, 0.25) is 5.88 Å². The fraction of sp³-hybridized carbons (Fsp3) is 0.280. The number of nitrogens with zero attached hydrogens (tertiary/aromatic N) is 1. The quantitative estimate of drug-likeness (QED) is 0.619. The van der Waals surface area contributed by atoms with E-state index >= 15 is 0 Å². The number of carbonyl (C=O) groups excluding carboxylic acids is 1. The number of hydrogen-bond acceptors (Lipinski definition) is 7. The molecule has 1 aliphatic carbocycles. The maximum absolute atomic E-state index is 13.5. The van der Waals surface area contributed by atoms with Crippen molar-refractivity contribution >= 4 is 11.7 Å². The normalized spacial score (nSPS) is 19.8. The molecule has 0 saturated carbocycles. The molecule has 2 N–H and O–H groups in total. The van der Waals surface area contributed by atoms with Crippen LogP contribution < -0.4 is 14.8 Å². The Labute approximate surface area is 185 Å². The number of rotatable bonds is 4. The van der Waals surface area contributed by atoms with Gasteiger partial charge in [-0.2, -0.15) is 0 Å². The molecule has 3 aromatic rings. The molecule has 0 unspecified atom stereocenters. The number of Topliss-reactive ketones (excluding diaryl/α,β-unsaturated/α-hetero) is 1. The van der Waals surface area contributed by atoms with Gasteiger partial charge in [0, 0.05) is 23.6 Å². The van der Waals surface area contributed by atoms with Gasteiger partial charge in [0.1, 0.15) is 5.75 Å². The zero-order chi connectivity index (χ0) is 22.4. The van der Waals surface area contributed by atoms with Crippen LogP contribution >= 0.6 is 0 Å². The number of hydrogen-bond donors (Lipinski definition) is 2. The van der Waals surface area contributed by atoms with Gasteiger partial charge in [-0.1, -0.05) is 23.4 Å². The highest BCUT2D eigenvalue weighted by Gasteiger charge is 2.41. The van der Waals surface area contributed by atoms with E-state index in [0.717, 1.165) is 33.7 Å². The van der Waals surface area contributed by atoms with Crippen LogP contribution in [0.5, 0.6) is 17.2 Å². The van der Waals surface area contributed by atoms with E-state index in [1.165, 1.54) is 0 Å². The number of nitrogens with one attached hydrogen (secondary N) is 1. The Hall–Kier alpha value is -3.74. The summed E-state index contributed by atoms with van der Waals surface area (Å²) in [7, 11) is 3.19. The van der Waals surface area contributed by atoms with Crippen molar-refractivity contribution in [3.63, 3.8) is 0 Å². The van der Waals surface area contributed by atoms with Crippen molar-refractivity contribution in [3.8, 4) is 17.2 Å². The van der Waals surface area contributed by atoms with Crippen LogP contribution in [0.15, 0.2) is 58.3 Å². The van der Waals surface area contributed by atoms with E-state index in [9.17, 15) is 9.90 Å². The van der Waals surface area contributed by atoms with E-state index < -0.39 is 0 Å². The van der Waals surface area contributed by atoms with Crippen LogP contribution in [0.1, 0.15) is 47.1 Å². The van der Waals surface area contributed by atoms with Crippen molar-refractivity contribution in [2.24, 2.45) is 0 Å². The highest BCUT2D eigenvalue weighted by molar-refractivity contribution is 6.01. The van der Waals surface area contributed by atoms with E-state index in [1.807, 2.05) is 37.3 Å². The second-order valence-electron chi connectivity index (χ2n) is 8.20. The van der Waals surface area contributed by atoms with Crippen LogP contribution in [0, 0.1) is 6.92 Å².